The van der Waals surface area contributed by atoms with Crippen LogP contribution in [0, 0.1) is 0 Å². The predicted octanol–water partition coefficient (Wildman–Crippen LogP) is 4.46. The van der Waals surface area contributed by atoms with Gasteiger partial charge in [0.1, 0.15) is 0 Å². The van der Waals surface area contributed by atoms with Crippen molar-refractivity contribution in [2.45, 2.75) is 44.4 Å². The molecule has 0 fully saturated rings. The van der Waals surface area contributed by atoms with Crippen molar-refractivity contribution in [2.24, 2.45) is 0 Å². The van der Waals surface area contributed by atoms with Gasteiger partial charge in [-0.15, -0.1) is 5.10 Å². The molecule has 0 amide bonds. The van der Waals surface area contributed by atoms with Crippen LogP contribution >= 0.6 is 15.9 Å². The first-order valence-corrected chi connectivity index (χ1v) is 7.81. The summed E-state index contributed by atoms with van der Waals surface area (Å²) in [5.74, 6) is 0. The molecule has 1 unspecified atom stereocenters. The maximum Gasteiger partial charge on any atom is 0.0967 e. The van der Waals surface area contributed by atoms with Crippen molar-refractivity contribution in [3.8, 4) is 5.69 Å². The van der Waals surface area contributed by atoms with Gasteiger partial charge >= 0.3 is 0 Å². The molecule has 1 heterocycles. The number of halogens is 1. The molecular weight excluding hydrogens is 302 g/mol. The maximum absolute atomic E-state index is 4.20. The topological polar surface area (TPSA) is 30.7 Å². The average molecular weight is 322 g/mol. The smallest absolute Gasteiger partial charge is 0.0967 e. The highest BCUT2D eigenvalue weighted by atomic mass is 79.9. The SMILES string of the molecule is CCCCc1ccc(-n2cc(C(Br)CC)nn2)cc1. The molecule has 102 valence electrons. The Bertz CT molecular complexity index is 504. The van der Waals surface area contributed by atoms with Crippen LogP contribution in [0.25, 0.3) is 5.69 Å². The summed E-state index contributed by atoms with van der Waals surface area (Å²) in [4.78, 5) is 0.282. The summed E-state index contributed by atoms with van der Waals surface area (Å²) in [5, 5.41) is 8.39. The molecule has 0 spiro atoms. The molecule has 0 bridgehead atoms. The second-order valence-electron chi connectivity index (χ2n) is 4.73. The van der Waals surface area contributed by atoms with Crippen LogP contribution in [-0.2, 0) is 6.42 Å². The van der Waals surface area contributed by atoms with Gasteiger partial charge in [0.05, 0.1) is 22.4 Å². The average Bonchev–Trinajstić information content (AvgIpc) is 2.94. The molecule has 19 heavy (non-hydrogen) atoms. The molecule has 0 saturated carbocycles. The Morgan fingerprint density at radius 2 is 1.95 bits per heavy atom. The summed E-state index contributed by atoms with van der Waals surface area (Å²) >= 11 is 3.60. The first kappa shape index (κ1) is 14.3. The van der Waals surface area contributed by atoms with Gasteiger partial charge < -0.3 is 0 Å². The second kappa shape index (κ2) is 6.85. The molecule has 1 atom stereocenters. The van der Waals surface area contributed by atoms with Crippen molar-refractivity contribution in [3.63, 3.8) is 0 Å². The monoisotopic (exact) mass is 321 g/mol. The van der Waals surface area contributed by atoms with Crippen LogP contribution in [0.5, 0.6) is 0 Å². The number of nitrogens with zero attached hydrogens (tertiary/aromatic N) is 3. The van der Waals surface area contributed by atoms with E-state index in [0.717, 1.165) is 24.2 Å². The molecule has 0 aliphatic heterocycles. The first-order valence-electron chi connectivity index (χ1n) is 6.90. The zero-order valence-electron chi connectivity index (χ0n) is 11.5. The number of alkyl halides is 1. The lowest BCUT2D eigenvalue weighted by Gasteiger charge is -2.03. The van der Waals surface area contributed by atoms with Crippen LogP contribution in [-0.4, -0.2) is 15.0 Å². The first-order chi connectivity index (χ1) is 9.24. The lowest BCUT2D eigenvalue weighted by molar-refractivity contribution is 0.783. The van der Waals surface area contributed by atoms with E-state index in [2.05, 4.69) is 64.4 Å². The third-order valence-corrected chi connectivity index (χ3v) is 4.33. The fourth-order valence-electron chi connectivity index (χ4n) is 1.95. The minimum atomic E-state index is 0.282. The lowest BCUT2D eigenvalue weighted by Crippen LogP contribution is -1.95. The Balaban J connectivity index is 2.11. The van der Waals surface area contributed by atoms with Crippen molar-refractivity contribution in [3.05, 3.63) is 41.7 Å². The molecular formula is C15H20BrN3. The third kappa shape index (κ3) is 3.66. The number of aromatic nitrogens is 3. The number of benzene rings is 1. The Labute approximate surface area is 123 Å². The summed E-state index contributed by atoms with van der Waals surface area (Å²) in [5.41, 5.74) is 3.44. The zero-order valence-corrected chi connectivity index (χ0v) is 13.1. The van der Waals surface area contributed by atoms with Crippen LogP contribution in [0.1, 0.15) is 49.2 Å². The van der Waals surface area contributed by atoms with Gasteiger partial charge in [-0.1, -0.05) is 53.5 Å². The Kier molecular flexibility index (Phi) is 5.14. The molecule has 0 N–H and O–H groups in total. The summed E-state index contributed by atoms with van der Waals surface area (Å²) in [7, 11) is 0. The van der Waals surface area contributed by atoms with Crippen molar-refractivity contribution in [1.29, 1.82) is 0 Å². The normalized spacial score (nSPS) is 12.6. The number of hydrogen-bond acceptors (Lipinski definition) is 2. The molecule has 2 rings (SSSR count). The molecule has 2 aromatic rings. The highest BCUT2D eigenvalue weighted by Crippen LogP contribution is 2.24. The van der Waals surface area contributed by atoms with Gasteiger partial charge in [0.15, 0.2) is 0 Å². The molecule has 0 saturated heterocycles. The van der Waals surface area contributed by atoms with E-state index in [-0.39, 0.29) is 4.83 Å². The highest BCUT2D eigenvalue weighted by molar-refractivity contribution is 9.09. The second-order valence-corrected chi connectivity index (χ2v) is 5.84. The van der Waals surface area contributed by atoms with E-state index in [1.165, 1.54) is 18.4 Å². The van der Waals surface area contributed by atoms with Crippen LogP contribution in [0.3, 0.4) is 0 Å². The van der Waals surface area contributed by atoms with Crippen LogP contribution in [0.2, 0.25) is 0 Å². The Hall–Kier alpha value is -1.16. The van der Waals surface area contributed by atoms with Crippen molar-refractivity contribution in [2.75, 3.05) is 0 Å². The van der Waals surface area contributed by atoms with E-state index >= 15 is 0 Å². The van der Waals surface area contributed by atoms with E-state index in [4.69, 9.17) is 0 Å². The molecule has 0 aliphatic rings. The number of rotatable bonds is 6. The quantitative estimate of drug-likeness (QED) is 0.735. The fourth-order valence-corrected chi connectivity index (χ4v) is 2.16. The third-order valence-electron chi connectivity index (χ3n) is 3.21. The van der Waals surface area contributed by atoms with E-state index in [0.29, 0.717) is 0 Å². The van der Waals surface area contributed by atoms with Gasteiger partial charge in [0.25, 0.3) is 0 Å². The molecule has 3 nitrogen and oxygen atoms in total. The fraction of sp³-hybridized carbons (Fsp3) is 0.467. The summed E-state index contributed by atoms with van der Waals surface area (Å²) < 4.78 is 1.84. The van der Waals surface area contributed by atoms with Crippen molar-refractivity contribution in [1.82, 2.24) is 15.0 Å². The highest BCUT2D eigenvalue weighted by Gasteiger charge is 2.10. The summed E-state index contributed by atoms with van der Waals surface area (Å²) in [6, 6.07) is 8.58. The number of aryl methyl sites for hydroxylation is 1. The number of unbranched alkanes of at least 4 members (excludes halogenated alkanes) is 1. The van der Waals surface area contributed by atoms with Crippen LogP contribution < -0.4 is 0 Å². The Morgan fingerprint density at radius 3 is 2.58 bits per heavy atom. The molecule has 1 aromatic carbocycles. The largest absolute Gasteiger partial charge is 0.220 e. The molecule has 1 aromatic heterocycles. The maximum atomic E-state index is 4.20. The predicted molar refractivity (Wildman–Crippen MR) is 81.9 cm³/mol. The van der Waals surface area contributed by atoms with Crippen molar-refractivity contribution >= 4 is 15.9 Å². The minimum absolute atomic E-state index is 0.282. The summed E-state index contributed by atoms with van der Waals surface area (Å²) in [6.07, 6.45) is 6.63. The number of hydrogen-bond donors (Lipinski definition) is 0. The van der Waals surface area contributed by atoms with Gasteiger partial charge in [-0.2, -0.15) is 0 Å². The Morgan fingerprint density at radius 1 is 1.21 bits per heavy atom. The van der Waals surface area contributed by atoms with Crippen molar-refractivity contribution < 1.29 is 0 Å². The van der Waals surface area contributed by atoms with E-state index in [1.54, 1.807) is 0 Å². The zero-order chi connectivity index (χ0) is 13.7. The van der Waals surface area contributed by atoms with Gasteiger partial charge in [0.2, 0.25) is 0 Å². The molecule has 0 radical (unpaired) electrons. The summed E-state index contributed by atoms with van der Waals surface area (Å²) in [6.45, 7) is 4.34. The molecule has 4 heteroatoms. The molecule has 0 aliphatic carbocycles. The lowest BCUT2D eigenvalue weighted by atomic mass is 10.1. The van der Waals surface area contributed by atoms with E-state index < -0.39 is 0 Å². The van der Waals surface area contributed by atoms with E-state index in [1.807, 2.05) is 10.9 Å². The van der Waals surface area contributed by atoms with E-state index in [9.17, 15) is 0 Å². The van der Waals surface area contributed by atoms with Gasteiger partial charge in [-0.05, 0) is 37.0 Å². The van der Waals surface area contributed by atoms with Crippen LogP contribution in [0.15, 0.2) is 30.5 Å². The van der Waals surface area contributed by atoms with Gasteiger partial charge in [0, 0.05) is 0 Å². The minimum Gasteiger partial charge on any atom is -0.220 e. The van der Waals surface area contributed by atoms with Gasteiger partial charge in [-0.3, -0.25) is 0 Å². The van der Waals surface area contributed by atoms with Gasteiger partial charge in [-0.25, -0.2) is 4.68 Å². The van der Waals surface area contributed by atoms with Crippen LogP contribution in [0.4, 0.5) is 0 Å². The standard InChI is InChI=1S/C15H20BrN3/c1-3-5-6-12-7-9-13(10-8-12)19-11-15(17-18-19)14(16)4-2/h7-11,14H,3-6H2,1-2H3.